The molecular weight excluding hydrogens is 224 g/mol. The molecule has 17 heavy (non-hydrogen) atoms. The van der Waals surface area contributed by atoms with Gasteiger partial charge in [0.25, 0.3) is 5.91 Å². The van der Waals surface area contributed by atoms with E-state index in [1.807, 2.05) is 0 Å². The van der Waals surface area contributed by atoms with Gasteiger partial charge in [-0.25, -0.2) is 5.84 Å². The van der Waals surface area contributed by atoms with Gasteiger partial charge in [-0.2, -0.15) is 0 Å². The predicted octanol–water partition coefficient (Wildman–Crippen LogP) is -0.117. The molecule has 1 saturated heterocycles. The second kappa shape index (κ2) is 3.47. The zero-order valence-corrected chi connectivity index (χ0v) is 8.71. The lowest BCUT2D eigenvalue weighted by atomic mass is 10.1. The highest BCUT2D eigenvalue weighted by molar-refractivity contribution is 5.99. The van der Waals surface area contributed by atoms with Crippen LogP contribution in [0.4, 0.5) is 0 Å². The van der Waals surface area contributed by atoms with Crippen molar-refractivity contribution in [2.45, 2.75) is 12.4 Å². The van der Waals surface area contributed by atoms with E-state index in [9.17, 15) is 9.90 Å². The van der Waals surface area contributed by atoms with Crippen LogP contribution in [0.2, 0.25) is 0 Å². The van der Waals surface area contributed by atoms with Gasteiger partial charge >= 0.3 is 0 Å². The summed E-state index contributed by atoms with van der Waals surface area (Å²) in [5.74, 6) is 5.35. The van der Waals surface area contributed by atoms with Gasteiger partial charge in [0.15, 0.2) is 6.10 Å². The van der Waals surface area contributed by atoms with Gasteiger partial charge in [-0.1, -0.05) is 0 Å². The van der Waals surface area contributed by atoms with Crippen molar-refractivity contribution in [3.63, 3.8) is 0 Å². The molecule has 0 aliphatic carbocycles. The Morgan fingerprint density at radius 2 is 2.29 bits per heavy atom. The Hall–Kier alpha value is -2.05. The monoisotopic (exact) mass is 234 g/mol. The van der Waals surface area contributed by atoms with E-state index < -0.39 is 18.3 Å². The summed E-state index contributed by atoms with van der Waals surface area (Å²) in [7, 11) is 0. The molecule has 88 valence electrons. The third-order valence-electron chi connectivity index (χ3n) is 2.70. The molecule has 1 aromatic rings. The van der Waals surface area contributed by atoms with Crippen molar-refractivity contribution in [2.75, 3.05) is 0 Å². The van der Waals surface area contributed by atoms with Gasteiger partial charge in [0.2, 0.25) is 6.29 Å². The molecule has 1 amide bonds. The van der Waals surface area contributed by atoms with Crippen molar-refractivity contribution in [3.8, 4) is 11.5 Å². The molecule has 4 N–H and O–H groups in total. The van der Waals surface area contributed by atoms with E-state index in [1.165, 1.54) is 12.1 Å². The molecule has 0 saturated carbocycles. The molecule has 2 unspecified atom stereocenters. The highest BCUT2D eigenvalue weighted by Crippen LogP contribution is 2.39. The van der Waals surface area contributed by atoms with Crippen LogP contribution in [0.5, 0.6) is 11.5 Å². The number of amides is 1. The average Bonchev–Trinajstić information content (AvgIpc) is 3.07. The molecule has 0 spiro atoms. The largest absolute Gasteiger partial charge is 0.508 e. The van der Waals surface area contributed by atoms with Crippen molar-refractivity contribution in [1.29, 1.82) is 0 Å². The smallest absolute Gasteiger partial charge is 0.264 e. The van der Waals surface area contributed by atoms with E-state index in [-0.39, 0.29) is 5.75 Å². The lowest BCUT2D eigenvalue weighted by Crippen LogP contribution is -2.33. The number of epoxide rings is 1. The lowest BCUT2D eigenvalue weighted by Gasteiger charge is -2.05. The van der Waals surface area contributed by atoms with Crippen molar-refractivity contribution < 1.29 is 19.4 Å². The second-order valence-electron chi connectivity index (χ2n) is 3.84. The molecule has 6 nitrogen and oxygen atoms in total. The summed E-state index contributed by atoms with van der Waals surface area (Å²) >= 11 is 0. The molecule has 3 rings (SSSR count). The number of rotatable bonds is 1. The first-order valence-electron chi connectivity index (χ1n) is 5.07. The van der Waals surface area contributed by atoms with E-state index in [4.69, 9.17) is 15.3 Å². The number of benzene rings is 1. The Kier molecular flexibility index (Phi) is 2.07. The van der Waals surface area contributed by atoms with Gasteiger partial charge in [0.1, 0.15) is 11.5 Å². The number of nitrogens with two attached hydrogens (primary N) is 1. The molecule has 2 heterocycles. The maximum absolute atomic E-state index is 11.5. The zero-order chi connectivity index (χ0) is 12.0. The van der Waals surface area contributed by atoms with Crippen LogP contribution in [-0.2, 0) is 9.53 Å². The fourth-order valence-corrected chi connectivity index (χ4v) is 1.82. The molecule has 2 aliphatic heterocycles. The first kappa shape index (κ1) is 10.1. The van der Waals surface area contributed by atoms with Crippen LogP contribution in [0.15, 0.2) is 23.8 Å². The standard InChI is InChI=1S/C11H10N2O4/c12-13-10(15)7-4-5-3-6(14)1-2-8(5)16-11-9(7)17-11/h1-4,9,11,14H,12H2,(H,13,15). The third-order valence-corrected chi connectivity index (χ3v) is 2.70. The number of hydrazine groups is 1. The van der Waals surface area contributed by atoms with E-state index in [2.05, 4.69) is 5.43 Å². The highest BCUT2D eigenvalue weighted by Gasteiger charge is 2.48. The van der Waals surface area contributed by atoms with Gasteiger partial charge in [-0.3, -0.25) is 10.2 Å². The number of hydrogen-bond donors (Lipinski definition) is 3. The number of ether oxygens (including phenoxy) is 2. The summed E-state index contributed by atoms with van der Waals surface area (Å²) in [6, 6.07) is 4.66. The van der Waals surface area contributed by atoms with Crippen LogP contribution in [0, 0.1) is 0 Å². The molecular formula is C11H10N2O4. The summed E-state index contributed by atoms with van der Waals surface area (Å²) in [6.45, 7) is 0. The van der Waals surface area contributed by atoms with Gasteiger partial charge in [0.05, 0.1) is 5.57 Å². The van der Waals surface area contributed by atoms with Crippen molar-refractivity contribution in [1.82, 2.24) is 5.43 Å². The number of aromatic hydroxyl groups is 1. The fourth-order valence-electron chi connectivity index (χ4n) is 1.82. The second-order valence-corrected chi connectivity index (χ2v) is 3.84. The normalized spacial score (nSPS) is 24.6. The number of hydrogen-bond acceptors (Lipinski definition) is 5. The first-order chi connectivity index (χ1) is 8.19. The number of carbonyl (C=O) groups is 1. The first-order valence-corrected chi connectivity index (χ1v) is 5.07. The Labute approximate surface area is 96.6 Å². The van der Waals surface area contributed by atoms with E-state index in [0.29, 0.717) is 16.9 Å². The van der Waals surface area contributed by atoms with E-state index in [1.54, 1.807) is 12.1 Å². The fraction of sp³-hybridized carbons (Fsp3) is 0.182. The Bertz CT molecular complexity index is 526. The summed E-state index contributed by atoms with van der Waals surface area (Å²) in [5, 5.41) is 9.40. The molecule has 1 aromatic carbocycles. The van der Waals surface area contributed by atoms with Crippen LogP contribution < -0.4 is 16.0 Å². The van der Waals surface area contributed by atoms with E-state index in [0.717, 1.165) is 0 Å². The maximum atomic E-state index is 11.5. The minimum atomic E-state index is -0.454. The number of fused-ring (bicyclic) bond motifs is 2. The molecule has 1 fully saturated rings. The number of nitrogens with one attached hydrogen (secondary N) is 1. The number of phenolic OH excluding ortho intramolecular Hbond substituents is 1. The third kappa shape index (κ3) is 1.63. The van der Waals surface area contributed by atoms with Crippen LogP contribution in [0.1, 0.15) is 5.56 Å². The summed E-state index contributed by atoms with van der Waals surface area (Å²) in [4.78, 5) is 11.5. The zero-order valence-electron chi connectivity index (χ0n) is 8.71. The van der Waals surface area contributed by atoms with Crippen LogP contribution in [0.25, 0.3) is 6.08 Å². The van der Waals surface area contributed by atoms with Crippen molar-refractivity contribution in [3.05, 3.63) is 29.3 Å². The van der Waals surface area contributed by atoms with Gasteiger partial charge in [0, 0.05) is 5.56 Å². The van der Waals surface area contributed by atoms with E-state index >= 15 is 0 Å². The van der Waals surface area contributed by atoms with Gasteiger partial charge in [-0.05, 0) is 24.3 Å². The maximum Gasteiger partial charge on any atom is 0.264 e. The SMILES string of the molecule is NNC(=O)C1=Cc2cc(O)ccc2OC2OC12. The summed E-state index contributed by atoms with van der Waals surface area (Å²) < 4.78 is 10.7. The summed E-state index contributed by atoms with van der Waals surface area (Å²) in [6.07, 6.45) is 0.756. The molecule has 0 radical (unpaired) electrons. The van der Waals surface area contributed by atoms with Crippen LogP contribution >= 0.6 is 0 Å². The lowest BCUT2D eigenvalue weighted by molar-refractivity contribution is -0.117. The predicted molar refractivity (Wildman–Crippen MR) is 57.7 cm³/mol. The Morgan fingerprint density at radius 3 is 3.06 bits per heavy atom. The van der Waals surface area contributed by atoms with Crippen molar-refractivity contribution in [2.24, 2.45) is 5.84 Å². The van der Waals surface area contributed by atoms with Crippen LogP contribution in [0.3, 0.4) is 0 Å². The van der Waals surface area contributed by atoms with Crippen molar-refractivity contribution >= 4 is 12.0 Å². The van der Waals surface area contributed by atoms with Gasteiger partial charge < -0.3 is 14.6 Å². The number of phenols is 1. The van der Waals surface area contributed by atoms with Crippen LogP contribution in [-0.4, -0.2) is 23.4 Å². The average molecular weight is 234 g/mol. The summed E-state index contributed by atoms with van der Waals surface area (Å²) in [5.41, 5.74) is 3.07. The highest BCUT2D eigenvalue weighted by atomic mass is 16.8. The molecule has 0 bridgehead atoms. The Balaban J connectivity index is 2.08. The topological polar surface area (TPSA) is 97.1 Å². The molecule has 0 aromatic heterocycles. The molecule has 6 heteroatoms. The Morgan fingerprint density at radius 1 is 1.47 bits per heavy atom. The minimum absolute atomic E-state index is 0.104. The quantitative estimate of drug-likeness (QED) is 0.272. The molecule has 2 aliphatic rings. The molecule has 2 atom stereocenters. The van der Waals surface area contributed by atoms with Gasteiger partial charge in [-0.15, -0.1) is 0 Å². The number of carbonyl (C=O) groups excluding carboxylic acids is 1. The minimum Gasteiger partial charge on any atom is -0.508 e.